The van der Waals surface area contributed by atoms with Crippen LogP contribution in [0.4, 0.5) is 5.82 Å². The summed E-state index contributed by atoms with van der Waals surface area (Å²) in [5.74, 6) is 0.472. The average molecular weight is 225 g/mol. The van der Waals surface area contributed by atoms with Gasteiger partial charge in [0.1, 0.15) is 18.2 Å². The minimum Gasteiger partial charge on any atom is -0.383 e. The number of hydrogen-bond acceptors (Lipinski definition) is 5. The molecule has 0 atom stereocenters. The van der Waals surface area contributed by atoms with Gasteiger partial charge in [-0.2, -0.15) is 5.26 Å². The van der Waals surface area contributed by atoms with Crippen molar-refractivity contribution in [3.8, 4) is 17.3 Å². The Balaban J connectivity index is 2.60. The van der Waals surface area contributed by atoms with Gasteiger partial charge in [-0.3, -0.25) is 4.98 Å². The molecular formula is C12H11N5. The van der Waals surface area contributed by atoms with Crippen molar-refractivity contribution >= 4 is 5.82 Å². The van der Waals surface area contributed by atoms with E-state index in [-0.39, 0.29) is 0 Å². The molecule has 2 aromatic heterocycles. The molecule has 5 nitrogen and oxygen atoms in total. The van der Waals surface area contributed by atoms with Crippen molar-refractivity contribution in [2.45, 2.75) is 13.3 Å². The van der Waals surface area contributed by atoms with Crippen LogP contribution >= 0.6 is 0 Å². The molecule has 5 heteroatoms. The second kappa shape index (κ2) is 4.58. The molecule has 2 rings (SSSR count). The zero-order chi connectivity index (χ0) is 12.3. The molecule has 0 amide bonds. The zero-order valence-electron chi connectivity index (χ0n) is 9.38. The Hall–Kier alpha value is -2.48. The Labute approximate surface area is 99.0 Å². The molecule has 0 spiro atoms. The van der Waals surface area contributed by atoms with Crippen LogP contribution in [0.15, 0.2) is 24.8 Å². The van der Waals surface area contributed by atoms with Crippen molar-refractivity contribution in [3.63, 3.8) is 0 Å². The summed E-state index contributed by atoms with van der Waals surface area (Å²) in [4.78, 5) is 12.2. The second-order valence-corrected chi connectivity index (χ2v) is 3.51. The van der Waals surface area contributed by atoms with Crippen molar-refractivity contribution in [1.82, 2.24) is 15.0 Å². The van der Waals surface area contributed by atoms with Crippen LogP contribution < -0.4 is 5.73 Å². The van der Waals surface area contributed by atoms with Gasteiger partial charge in [0.25, 0.3) is 0 Å². The highest BCUT2D eigenvalue weighted by atomic mass is 14.9. The Bertz CT molecular complexity index is 586. The van der Waals surface area contributed by atoms with Crippen LogP contribution in [0, 0.1) is 11.3 Å². The van der Waals surface area contributed by atoms with Gasteiger partial charge in [-0.25, -0.2) is 9.97 Å². The predicted octanol–water partition coefficient (Wildman–Crippen LogP) is 1.55. The lowest BCUT2D eigenvalue weighted by Gasteiger charge is -2.08. The molecule has 0 saturated heterocycles. The normalized spacial score (nSPS) is 9.88. The Morgan fingerprint density at radius 1 is 1.35 bits per heavy atom. The number of pyridine rings is 1. The summed E-state index contributed by atoms with van der Waals surface area (Å²) in [6, 6.07) is 3.80. The Kier molecular flexibility index (Phi) is 2.97. The molecule has 84 valence electrons. The minimum atomic E-state index is 0.472. The topological polar surface area (TPSA) is 88.5 Å². The Morgan fingerprint density at radius 2 is 2.18 bits per heavy atom. The van der Waals surface area contributed by atoms with Gasteiger partial charge in [-0.15, -0.1) is 0 Å². The van der Waals surface area contributed by atoms with Crippen LogP contribution in [-0.4, -0.2) is 15.0 Å². The van der Waals surface area contributed by atoms with E-state index in [0.29, 0.717) is 11.4 Å². The third-order valence-electron chi connectivity index (χ3n) is 2.47. The largest absolute Gasteiger partial charge is 0.383 e. The standard InChI is InChI=1S/C12H11N5/c1-2-10-11(16-7-17-12(10)14)9-3-8(4-13)5-15-6-9/h3,5-7H,2H2,1H3,(H2,14,16,17). The number of nitriles is 1. The average Bonchev–Trinajstić information content (AvgIpc) is 2.38. The van der Waals surface area contributed by atoms with Crippen LogP contribution in [-0.2, 0) is 6.42 Å². The summed E-state index contributed by atoms with van der Waals surface area (Å²) in [6.07, 6.45) is 5.34. The van der Waals surface area contributed by atoms with E-state index >= 15 is 0 Å². The molecule has 0 aliphatic carbocycles. The van der Waals surface area contributed by atoms with Crippen molar-refractivity contribution in [2.24, 2.45) is 0 Å². The van der Waals surface area contributed by atoms with E-state index in [2.05, 4.69) is 21.0 Å². The maximum atomic E-state index is 8.84. The number of hydrogen-bond donors (Lipinski definition) is 1. The lowest BCUT2D eigenvalue weighted by atomic mass is 10.1. The summed E-state index contributed by atoms with van der Waals surface area (Å²) in [5, 5.41) is 8.84. The van der Waals surface area contributed by atoms with Gasteiger partial charge < -0.3 is 5.73 Å². The summed E-state index contributed by atoms with van der Waals surface area (Å²) < 4.78 is 0. The molecule has 0 fully saturated rings. The number of rotatable bonds is 2. The molecule has 2 aromatic rings. The number of nitrogen functional groups attached to an aromatic ring is 1. The molecule has 0 radical (unpaired) electrons. The van der Waals surface area contributed by atoms with Crippen LogP contribution in [0.3, 0.4) is 0 Å². The quantitative estimate of drug-likeness (QED) is 0.837. The first-order valence-corrected chi connectivity index (χ1v) is 5.21. The molecule has 0 aliphatic rings. The van der Waals surface area contributed by atoms with Crippen molar-refractivity contribution < 1.29 is 0 Å². The third-order valence-corrected chi connectivity index (χ3v) is 2.47. The smallest absolute Gasteiger partial charge is 0.130 e. The zero-order valence-corrected chi connectivity index (χ0v) is 9.38. The van der Waals surface area contributed by atoms with Gasteiger partial charge in [0.05, 0.1) is 11.3 Å². The van der Waals surface area contributed by atoms with E-state index in [1.165, 1.54) is 12.5 Å². The first-order valence-electron chi connectivity index (χ1n) is 5.21. The van der Waals surface area contributed by atoms with Crippen LogP contribution in [0.2, 0.25) is 0 Å². The van der Waals surface area contributed by atoms with E-state index in [9.17, 15) is 0 Å². The first kappa shape index (κ1) is 11.0. The lowest BCUT2D eigenvalue weighted by molar-refractivity contribution is 1.06. The van der Waals surface area contributed by atoms with E-state index in [1.807, 2.05) is 6.92 Å². The van der Waals surface area contributed by atoms with E-state index in [4.69, 9.17) is 11.0 Å². The second-order valence-electron chi connectivity index (χ2n) is 3.51. The van der Waals surface area contributed by atoms with Crippen LogP contribution in [0.5, 0.6) is 0 Å². The first-order chi connectivity index (χ1) is 8.26. The SMILES string of the molecule is CCc1c(N)ncnc1-c1cncc(C#N)c1. The highest BCUT2D eigenvalue weighted by Crippen LogP contribution is 2.24. The molecule has 2 heterocycles. The Morgan fingerprint density at radius 3 is 2.88 bits per heavy atom. The highest BCUT2D eigenvalue weighted by Gasteiger charge is 2.10. The van der Waals surface area contributed by atoms with Crippen LogP contribution in [0.25, 0.3) is 11.3 Å². The summed E-state index contributed by atoms with van der Waals surface area (Å²) in [5.41, 5.74) is 8.71. The summed E-state index contributed by atoms with van der Waals surface area (Å²) in [6.45, 7) is 1.99. The predicted molar refractivity (Wildman–Crippen MR) is 63.8 cm³/mol. The fourth-order valence-corrected chi connectivity index (χ4v) is 1.65. The number of aromatic nitrogens is 3. The van der Waals surface area contributed by atoms with Gasteiger partial charge in [-0.1, -0.05) is 6.92 Å². The molecule has 2 N–H and O–H groups in total. The van der Waals surface area contributed by atoms with Gasteiger partial charge in [0.15, 0.2) is 0 Å². The highest BCUT2D eigenvalue weighted by molar-refractivity contribution is 5.67. The number of nitrogens with zero attached hydrogens (tertiary/aromatic N) is 4. The van der Waals surface area contributed by atoms with E-state index < -0.39 is 0 Å². The molecule has 0 aliphatic heterocycles. The number of anilines is 1. The molecular weight excluding hydrogens is 214 g/mol. The summed E-state index contributed by atoms with van der Waals surface area (Å²) >= 11 is 0. The molecule has 0 bridgehead atoms. The molecule has 0 unspecified atom stereocenters. The fraction of sp³-hybridized carbons (Fsp3) is 0.167. The van der Waals surface area contributed by atoms with Crippen molar-refractivity contribution in [1.29, 1.82) is 5.26 Å². The van der Waals surface area contributed by atoms with Gasteiger partial charge in [0.2, 0.25) is 0 Å². The van der Waals surface area contributed by atoms with E-state index in [1.54, 1.807) is 12.3 Å². The monoisotopic (exact) mass is 225 g/mol. The van der Waals surface area contributed by atoms with Gasteiger partial charge in [-0.05, 0) is 12.5 Å². The van der Waals surface area contributed by atoms with E-state index in [0.717, 1.165) is 23.2 Å². The third kappa shape index (κ3) is 2.06. The summed E-state index contributed by atoms with van der Waals surface area (Å²) in [7, 11) is 0. The fourth-order valence-electron chi connectivity index (χ4n) is 1.65. The maximum Gasteiger partial charge on any atom is 0.130 e. The molecule has 17 heavy (non-hydrogen) atoms. The minimum absolute atomic E-state index is 0.472. The number of nitrogens with two attached hydrogens (primary N) is 1. The molecule has 0 saturated carbocycles. The maximum absolute atomic E-state index is 8.84. The van der Waals surface area contributed by atoms with Gasteiger partial charge >= 0.3 is 0 Å². The molecule has 0 aromatic carbocycles. The van der Waals surface area contributed by atoms with Gasteiger partial charge in [0, 0.05) is 23.5 Å². The lowest BCUT2D eigenvalue weighted by Crippen LogP contribution is -2.01. The van der Waals surface area contributed by atoms with Crippen molar-refractivity contribution in [3.05, 3.63) is 35.9 Å². The van der Waals surface area contributed by atoms with Crippen LogP contribution in [0.1, 0.15) is 18.1 Å². The van der Waals surface area contributed by atoms with Crippen molar-refractivity contribution in [2.75, 3.05) is 5.73 Å².